The highest BCUT2D eigenvalue weighted by Crippen LogP contribution is 2.32. The fourth-order valence-electron chi connectivity index (χ4n) is 2.48. The van der Waals surface area contributed by atoms with E-state index in [-0.39, 0.29) is 0 Å². The van der Waals surface area contributed by atoms with Crippen LogP contribution in [0.2, 0.25) is 5.02 Å². The standard InChI is InChI=1S/C17H16ClN3O2/c1-10-3-5-13-14(7-10)20-17(19-13)12-8-11(18)4-6-15(12)21(2)16(23)9-22/h3-8,22H,9H2,1-2H3,(H,19,20). The maximum absolute atomic E-state index is 11.8. The van der Waals surface area contributed by atoms with Gasteiger partial charge in [0.05, 0.1) is 16.7 Å². The molecule has 0 fully saturated rings. The first-order valence-corrected chi connectivity index (χ1v) is 7.51. The van der Waals surface area contributed by atoms with Gasteiger partial charge < -0.3 is 15.0 Å². The first-order chi connectivity index (χ1) is 11.0. The molecule has 0 unspecified atom stereocenters. The Bertz CT molecular complexity index is 889. The van der Waals surface area contributed by atoms with Crippen LogP contribution in [0.3, 0.4) is 0 Å². The van der Waals surface area contributed by atoms with Gasteiger partial charge >= 0.3 is 0 Å². The van der Waals surface area contributed by atoms with Crippen molar-refractivity contribution in [2.45, 2.75) is 6.92 Å². The molecule has 118 valence electrons. The largest absolute Gasteiger partial charge is 0.387 e. The van der Waals surface area contributed by atoms with Crippen molar-refractivity contribution in [3.63, 3.8) is 0 Å². The molecule has 23 heavy (non-hydrogen) atoms. The number of nitrogens with zero attached hydrogens (tertiary/aromatic N) is 2. The summed E-state index contributed by atoms with van der Waals surface area (Å²) in [5, 5.41) is 9.63. The Morgan fingerprint density at radius 1 is 1.30 bits per heavy atom. The molecular formula is C17H16ClN3O2. The minimum atomic E-state index is -0.558. The van der Waals surface area contributed by atoms with Crippen LogP contribution in [0.25, 0.3) is 22.4 Å². The maximum Gasteiger partial charge on any atom is 0.252 e. The molecule has 2 N–H and O–H groups in total. The highest BCUT2D eigenvalue weighted by Gasteiger charge is 2.17. The molecule has 3 rings (SSSR count). The number of rotatable bonds is 3. The number of H-pyrrole nitrogens is 1. The lowest BCUT2D eigenvalue weighted by molar-refractivity contribution is -0.120. The minimum absolute atomic E-state index is 0.402. The number of benzene rings is 2. The number of aromatic amines is 1. The molecule has 0 saturated heterocycles. The second kappa shape index (κ2) is 6.02. The zero-order valence-electron chi connectivity index (χ0n) is 12.8. The SMILES string of the molecule is Cc1ccc2nc(-c3cc(Cl)ccc3N(C)C(=O)CO)[nH]c2c1. The van der Waals surface area contributed by atoms with Gasteiger partial charge in [0, 0.05) is 17.6 Å². The zero-order valence-corrected chi connectivity index (χ0v) is 13.6. The van der Waals surface area contributed by atoms with Crippen molar-refractivity contribution in [3.05, 3.63) is 47.0 Å². The smallest absolute Gasteiger partial charge is 0.252 e. The van der Waals surface area contributed by atoms with Crippen LogP contribution in [0, 0.1) is 6.92 Å². The molecule has 1 aromatic heterocycles. The molecule has 0 radical (unpaired) electrons. The third kappa shape index (κ3) is 2.93. The number of anilines is 1. The molecule has 1 heterocycles. The second-order valence-electron chi connectivity index (χ2n) is 5.38. The fourth-order valence-corrected chi connectivity index (χ4v) is 2.65. The molecule has 0 spiro atoms. The van der Waals surface area contributed by atoms with Gasteiger partial charge in [-0.05, 0) is 42.8 Å². The van der Waals surface area contributed by atoms with Gasteiger partial charge in [-0.25, -0.2) is 4.98 Å². The number of carbonyl (C=O) groups excluding carboxylic acids is 1. The third-order valence-corrected chi connectivity index (χ3v) is 3.96. The molecule has 2 aromatic carbocycles. The average Bonchev–Trinajstić information content (AvgIpc) is 2.96. The third-order valence-electron chi connectivity index (χ3n) is 3.72. The number of aromatic nitrogens is 2. The maximum atomic E-state index is 11.8. The monoisotopic (exact) mass is 329 g/mol. The quantitative estimate of drug-likeness (QED) is 0.775. The molecular weight excluding hydrogens is 314 g/mol. The number of carbonyl (C=O) groups is 1. The topological polar surface area (TPSA) is 69.2 Å². The summed E-state index contributed by atoms with van der Waals surface area (Å²) in [5.41, 5.74) is 4.22. The van der Waals surface area contributed by atoms with Crippen molar-refractivity contribution in [1.82, 2.24) is 9.97 Å². The Labute approximate surface area is 138 Å². The Morgan fingerprint density at radius 2 is 2.09 bits per heavy atom. The summed E-state index contributed by atoms with van der Waals surface area (Å²) in [6.07, 6.45) is 0. The normalized spacial score (nSPS) is 11.0. The van der Waals surface area contributed by atoms with Crippen LogP contribution in [0.4, 0.5) is 5.69 Å². The van der Waals surface area contributed by atoms with Gasteiger partial charge in [0.25, 0.3) is 5.91 Å². The van der Waals surface area contributed by atoms with E-state index < -0.39 is 12.5 Å². The van der Waals surface area contributed by atoms with E-state index >= 15 is 0 Å². The van der Waals surface area contributed by atoms with E-state index in [2.05, 4.69) is 9.97 Å². The number of aliphatic hydroxyl groups is 1. The van der Waals surface area contributed by atoms with E-state index in [4.69, 9.17) is 16.7 Å². The summed E-state index contributed by atoms with van der Waals surface area (Å²) in [7, 11) is 1.61. The number of likely N-dealkylation sites (N-methyl/N-ethyl adjacent to an activating group) is 1. The van der Waals surface area contributed by atoms with Crippen LogP contribution in [0.1, 0.15) is 5.56 Å². The lowest BCUT2D eigenvalue weighted by atomic mass is 10.1. The summed E-state index contributed by atoms with van der Waals surface area (Å²) in [4.78, 5) is 21.0. The summed E-state index contributed by atoms with van der Waals surface area (Å²) in [6.45, 7) is 1.45. The first-order valence-electron chi connectivity index (χ1n) is 7.13. The predicted molar refractivity (Wildman–Crippen MR) is 91.8 cm³/mol. The Morgan fingerprint density at radius 3 is 2.83 bits per heavy atom. The van der Waals surface area contributed by atoms with E-state index in [1.807, 2.05) is 25.1 Å². The summed E-state index contributed by atoms with van der Waals surface area (Å²) >= 11 is 6.11. The van der Waals surface area contributed by atoms with Crippen molar-refractivity contribution in [1.29, 1.82) is 0 Å². The van der Waals surface area contributed by atoms with E-state index in [0.29, 0.717) is 22.1 Å². The van der Waals surface area contributed by atoms with Gasteiger partial charge in [0.2, 0.25) is 0 Å². The molecule has 3 aromatic rings. The predicted octanol–water partition coefficient (Wildman–Crippen LogP) is 3.15. The number of halogens is 1. The molecule has 0 aliphatic carbocycles. The molecule has 6 heteroatoms. The van der Waals surface area contributed by atoms with Crippen molar-refractivity contribution in [3.8, 4) is 11.4 Å². The van der Waals surface area contributed by atoms with Gasteiger partial charge in [0.15, 0.2) is 0 Å². The van der Waals surface area contributed by atoms with Crippen LogP contribution in [-0.4, -0.2) is 34.6 Å². The Hall–Kier alpha value is -2.37. The summed E-state index contributed by atoms with van der Waals surface area (Å²) in [5.74, 6) is 0.223. The van der Waals surface area contributed by atoms with E-state index in [1.54, 1.807) is 25.2 Å². The minimum Gasteiger partial charge on any atom is -0.387 e. The van der Waals surface area contributed by atoms with E-state index in [0.717, 1.165) is 16.6 Å². The van der Waals surface area contributed by atoms with Crippen LogP contribution >= 0.6 is 11.6 Å². The lowest BCUT2D eigenvalue weighted by Crippen LogP contribution is -2.29. The first kappa shape index (κ1) is 15.5. The molecule has 0 saturated carbocycles. The highest BCUT2D eigenvalue weighted by molar-refractivity contribution is 6.31. The number of amides is 1. The van der Waals surface area contributed by atoms with Crippen molar-refractivity contribution >= 4 is 34.2 Å². The molecule has 0 aliphatic rings. The van der Waals surface area contributed by atoms with Crippen molar-refractivity contribution in [2.75, 3.05) is 18.6 Å². The molecule has 0 aliphatic heterocycles. The molecule has 0 bridgehead atoms. The summed E-state index contributed by atoms with van der Waals surface area (Å²) in [6, 6.07) is 11.1. The van der Waals surface area contributed by atoms with Crippen LogP contribution in [-0.2, 0) is 4.79 Å². The zero-order chi connectivity index (χ0) is 16.6. The number of aryl methyl sites for hydroxylation is 1. The number of imidazole rings is 1. The average molecular weight is 330 g/mol. The number of hydrogen-bond donors (Lipinski definition) is 2. The van der Waals surface area contributed by atoms with E-state index in [9.17, 15) is 4.79 Å². The molecule has 5 nitrogen and oxygen atoms in total. The molecule has 0 atom stereocenters. The Balaban J connectivity index is 2.16. The number of hydrogen-bond acceptors (Lipinski definition) is 3. The van der Waals surface area contributed by atoms with Crippen LogP contribution in [0.15, 0.2) is 36.4 Å². The second-order valence-corrected chi connectivity index (χ2v) is 5.81. The van der Waals surface area contributed by atoms with Gasteiger partial charge in [-0.3, -0.25) is 4.79 Å². The van der Waals surface area contributed by atoms with Crippen LogP contribution in [0.5, 0.6) is 0 Å². The fraction of sp³-hybridized carbons (Fsp3) is 0.176. The molecule has 1 amide bonds. The van der Waals surface area contributed by atoms with E-state index in [1.165, 1.54) is 4.90 Å². The number of fused-ring (bicyclic) bond motifs is 1. The Kier molecular flexibility index (Phi) is 4.07. The van der Waals surface area contributed by atoms with Gasteiger partial charge in [-0.1, -0.05) is 17.7 Å². The van der Waals surface area contributed by atoms with Crippen molar-refractivity contribution in [2.24, 2.45) is 0 Å². The van der Waals surface area contributed by atoms with Gasteiger partial charge in [-0.2, -0.15) is 0 Å². The van der Waals surface area contributed by atoms with Gasteiger partial charge in [0.1, 0.15) is 12.4 Å². The lowest BCUT2D eigenvalue weighted by Gasteiger charge is -2.19. The van der Waals surface area contributed by atoms with Gasteiger partial charge in [-0.15, -0.1) is 0 Å². The van der Waals surface area contributed by atoms with Crippen LogP contribution < -0.4 is 4.90 Å². The summed E-state index contributed by atoms with van der Waals surface area (Å²) < 4.78 is 0. The number of aliphatic hydroxyl groups excluding tert-OH is 1. The van der Waals surface area contributed by atoms with Crippen molar-refractivity contribution < 1.29 is 9.90 Å². The highest BCUT2D eigenvalue weighted by atomic mass is 35.5. The number of nitrogens with one attached hydrogen (secondary N) is 1.